The minimum absolute atomic E-state index is 0.0213. The van der Waals surface area contributed by atoms with Gasteiger partial charge in [-0.3, -0.25) is 29.0 Å². The highest BCUT2D eigenvalue weighted by Crippen LogP contribution is 2.36. The molecule has 0 saturated carbocycles. The molecule has 2 amide bonds. The van der Waals surface area contributed by atoms with Crippen molar-refractivity contribution >= 4 is 40.3 Å². The number of amides is 2. The lowest BCUT2D eigenvalue weighted by molar-refractivity contribution is -0.141. The van der Waals surface area contributed by atoms with Crippen molar-refractivity contribution in [2.45, 2.75) is 51.9 Å². The number of hydrogen-bond donors (Lipinski definition) is 3. The molecule has 0 aliphatic heterocycles. The molecule has 0 aliphatic carbocycles. The van der Waals surface area contributed by atoms with E-state index in [1.807, 2.05) is 0 Å². The highest BCUT2D eigenvalue weighted by molar-refractivity contribution is 5.97. The number of nitrogens with zero attached hydrogens (tertiary/aromatic N) is 1. The summed E-state index contributed by atoms with van der Waals surface area (Å²) in [6.07, 6.45) is -4.68. The molecule has 1 heterocycles. The maximum atomic E-state index is 13.4. The first kappa shape index (κ1) is 34.5. The fraction of sp³-hybridized carbons (Fsp3) is 0.355. The minimum atomic E-state index is -4.69. The standard InChI is InChI=1S/C31H32F3N3O8/c1-16(2)28(37-26(40)13-19-12-18(17(3)38)8-9-24(19)44-4)30(43)36-22(14-27(41)42)23(39)15-45-25-10-11-35-29-20(25)6-5-7-21(29)31(32,33)34/h5-12,16,22,28H,13-15H2,1-4H3,(H,36,43)(H,37,40)(H,41,42)/t22?,28-/m0/s1. The number of halogens is 3. The molecule has 1 aromatic heterocycles. The summed E-state index contributed by atoms with van der Waals surface area (Å²) < 4.78 is 51.0. The van der Waals surface area contributed by atoms with Crippen LogP contribution in [0.4, 0.5) is 13.2 Å². The Morgan fingerprint density at radius 1 is 1.00 bits per heavy atom. The number of aromatic nitrogens is 1. The third kappa shape index (κ3) is 9.00. The summed E-state index contributed by atoms with van der Waals surface area (Å²) in [6, 6.07) is 6.42. The largest absolute Gasteiger partial charge is 0.496 e. The van der Waals surface area contributed by atoms with Crippen LogP contribution in [0.5, 0.6) is 11.5 Å². The van der Waals surface area contributed by atoms with Crippen molar-refractivity contribution in [2.24, 2.45) is 5.92 Å². The molecular formula is C31H32F3N3O8. The normalized spacial score (nSPS) is 12.7. The van der Waals surface area contributed by atoms with Crippen LogP contribution in [0.25, 0.3) is 10.9 Å². The van der Waals surface area contributed by atoms with Gasteiger partial charge in [0, 0.05) is 22.7 Å². The van der Waals surface area contributed by atoms with Crippen LogP contribution in [0.1, 0.15) is 48.7 Å². The zero-order chi connectivity index (χ0) is 33.5. The molecule has 0 radical (unpaired) electrons. The molecule has 0 fully saturated rings. The summed E-state index contributed by atoms with van der Waals surface area (Å²) in [4.78, 5) is 66.3. The third-order valence-electron chi connectivity index (χ3n) is 6.79. The van der Waals surface area contributed by atoms with Crippen molar-refractivity contribution < 1.29 is 51.7 Å². The van der Waals surface area contributed by atoms with Gasteiger partial charge in [-0.15, -0.1) is 0 Å². The van der Waals surface area contributed by atoms with Crippen LogP contribution in [0.15, 0.2) is 48.7 Å². The Morgan fingerprint density at radius 3 is 2.31 bits per heavy atom. The fourth-order valence-electron chi connectivity index (χ4n) is 4.50. The van der Waals surface area contributed by atoms with Crippen LogP contribution in [0.3, 0.4) is 0 Å². The molecule has 3 N–H and O–H groups in total. The third-order valence-corrected chi connectivity index (χ3v) is 6.79. The number of para-hydroxylation sites is 1. The van der Waals surface area contributed by atoms with E-state index in [-0.39, 0.29) is 23.3 Å². The van der Waals surface area contributed by atoms with Crippen LogP contribution in [0.2, 0.25) is 0 Å². The number of aliphatic carboxylic acids is 1. The average molecular weight is 632 g/mol. The van der Waals surface area contributed by atoms with Crippen LogP contribution >= 0.6 is 0 Å². The van der Waals surface area contributed by atoms with Crippen molar-refractivity contribution in [2.75, 3.05) is 13.7 Å². The first-order chi connectivity index (χ1) is 21.1. The Kier molecular flexibility index (Phi) is 11.2. The van der Waals surface area contributed by atoms with Gasteiger partial charge in [-0.1, -0.05) is 19.9 Å². The number of Topliss-reactive ketones (excluding diaryl/α,β-unsaturated/α-hetero) is 2. The van der Waals surface area contributed by atoms with E-state index < -0.39 is 71.9 Å². The molecule has 0 bridgehead atoms. The van der Waals surface area contributed by atoms with E-state index in [0.717, 1.165) is 18.3 Å². The van der Waals surface area contributed by atoms with Gasteiger partial charge in [0.25, 0.3) is 0 Å². The molecule has 0 saturated heterocycles. The lowest BCUT2D eigenvalue weighted by Gasteiger charge is -2.25. The number of carbonyl (C=O) groups is 5. The van der Waals surface area contributed by atoms with Gasteiger partial charge < -0.3 is 25.2 Å². The van der Waals surface area contributed by atoms with E-state index in [1.54, 1.807) is 26.0 Å². The second kappa shape index (κ2) is 14.6. The van der Waals surface area contributed by atoms with Gasteiger partial charge in [0.15, 0.2) is 11.6 Å². The number of rotatable bonds is 14. The Hall–Kier alpha value is -5.01. The van der Waals surface area contributed by atoms with Crippen molar-refractivity contribution in [3.05, 3.63) is 65.4 Å². The second-order valence-corrected chi connectivity index (χ2v) is 10.5. The molecule has 2 atom stereocenters. The Bertz CT molecular complexity index is 1610. The topological polar surface area (TPSA) is 161 Å². The molecule has 3 aromatic rings. The SMILES string of the molecule is COc1ccc(C(C)=O)cc1CC(=O)N[C@H](C(=O)NC(CC(=O)O)C(=O)COc1ccnc2c(C(F)(F)F)cccc12)C(C)C. The molecule has 45 heavy (non-hydrogen) atoms. The van der Waals surface area contributed by atoms with Gasteiger partial charge in [-0.2, -0.15) is 13.2 Å². The number of nitrogens with one attached hydrogen (secondary N) is 2. The summed E-state index contributed by atoms with van der Waals surface area (Å²) in [7, 11) is 1.40. The average Bonchev–Trinajstić information content (AvgIpc) is 2.96. The summed E-state index contributed by atoms with van der Waals surface area (Å²) in [5, 5.41) is 14.3. The first-order valence-electron chi connectivity index (χ1n) is 13.7. The quantitative estimate of drug-likeness (QED) is 0.225. The predicted molar refractivity (Wildman–Crippen MR) is 155 cm³/mol. The van der Waals surface area contributed by atoms with E-state index in [0.29, 0.717) is 16.9 Å². The molecule has 0 aliphatic rings. The monoisotopic (exact) mass is 631 g/mol. The number of hydrogen-bond acceptors (Lipinski definition) is 8. The molecule has 2 aromatic carbocycles. The molecule has 11 nitrogen and oxygen atoms in total. The number of alkyl halides is 3. The van der Waals surface area contributed by atoms with E-state index in [4.69, 9.17) is 9.47 Å². The van der Waals surface area contributed by atoms with E-state index in [9.17, 15) is 42.3 Å². The van der Waals surface area contributed by atoms with Crippen LogP contribution in [-0.4, -0.2) is 65.2 Å². The minimum Gasteiger partial charge on any atom is -0.496 e. The van der Waals surface area contributed by atoms with Crippen molar-refractivity contribution in [3.8, 4) is 11.5 Å². The number of fused-ring (bicyclic) bond motifs is 1. The van der Waals surface area contributed by atoms with E-state index in [2.05, 4.69) is 15.6 Å². The van der Waals surface area contributed by atoms with Crippen LogP contribution in [0, 0.1) is 5.92 Å². The highest BCUT2D eigenvalue weighted by atomic mass is 19.4. The number of ether oxygens (including phenoxy) is 2. The number of ketones is 2. The Labute approximate surface area is 256 Å². The lowest BCUT2D eigenvalue weighted by atomic mass is 10.0. The molecule has 240 valence electrons. The van der Waals surface area contributed by atoms with Crippen LogP contribution < -0.4 is 20.1 Å². The summed E-state index contributed by atoms with van der Waals surface area (Å²) in [5.74, 6) is -4.20. The molecule has 3 rings (SSSR count). The number of carboxylic acid groups (broad SMARTS) is 1. The van der Waals surface area contributed by atoms with Crippen molar-refractivity contribution in [3.63, 3.8) is 0 Å². The van der Waals surface area contributed by atoms with Gasteiger partial charge in [-0.05, 0) is 49.2 Å². The number of benzene rings is 2. The predicted octanol–water partition coefficient (Wildman–Crippen LogP) is 3.76. The molecule has 0 spiro atoms. The molecule has 14 heteroatoms. The lowest BCUT2D eigenvalue weighted by Crippen LogP contribution is -2.54. The zero-order valence-corrected chi connectivity index (χ0v) is 24.9. The number of carbonyl (C=O) groups excluding carboxylic acids is 4. The van der Waals surface area contributed by atoms with Gasteiger partial charge in [-0.25, -0.2) is 0 Å². The van der Waals surface area contributed by atoms with Crippen molar-refractivity contribution in [1.29, 1.82) is 0 Å². The van der Waals surface area contributed by atoms with E-state index in [1.165, 1.54) is 32.2 Å². The molecule has 1 unspecified atom stereocenters. The smallest absolute Gasteiger partial charge is 0.418 e. The molecular weight excluding hydrogens is 599 g/mol. The summed E-state index contributed by atoms with van der Waals surface area (Å²) >= 11 is 0. The Balaban J connectivity index is 1.75. The zero-order valence-electron chi connectivity index (χ0n) is 24.9. The maximum absolute atomic E-state index is 13.4. The summed E-state index contributed by atoms with van der Waals surface area (Å²) in [6.45, 7) is 3.84. The van der Waals surface area contributed by atoms with E-state index >= 15 is 0 Å². The highest BCUT2D eigenvalue weighted by Gasteiger charge is 2.34. The Morgan fingerprint density at radius 2 is 1.71 bits per heavy atom. The summed E-state index contributed by atoms with van der Waals surface area (Å²) in [5.41, 5.74) is -0.645. The maximum Gasteiger partial charge on any atom is 0.418 e. The van der Waals surface area contributed by atoms with Gasteiger partial charge in [0.1, 0.15) is 30.2 Å². The number of pyridine rings is 1. The number of carboxylic acids is 1. The second-order valence-electron chi connectivity index (χ2n) is 10.5. The first-order valence-corrected chi connectivity index (χ1v) is 13.7. The van der Waals surface area contributed by atoms with Crippen LogP contribution in [-0.2, 0) is 31.8 Å². The van der Waals surface area contributed by atoms with Crippen molar-refractivity contribution in [1.82, 2.24) is 15.6 Å². The van der Waals surface area contributed by atoms with Gasteiger partial charge in [0.2, 0.25) is 11.8 Å². The van der Waals surface area contributed by atoms with Gasteiger partial charge >= 0.3 is 12.1 Å². The van der Waals surface area contributed by atoms with Gasteiger partial charge in [0.05, 0.1) is 31.0 Å². The number of methoxy groups -OCH3 is 1. The fourth-order valence-corrected chi connectivity index (χ4v) is 4.50.